The van der Waals surface area contributed by atoms with E-state index in [1.807, 2.05) is 29.1 Å². The van der Waals surface area contributed by atoms with Crippen molar-refractivity contribution in [3.8, 4) is 23.1 Å². The van der Waals surface area contributed by atoms with Crippen molar-refractivity contribution in [3.05, 3.63) is 71.4 Å². The molecule has 1 aromatic heterocycles. The summed E-state index contributed by atoms with van der Waals surface area (Å²) < 4.78 is 7.49. The molecule has 4 rings (SSSR count). The standard InChI is InChI=1S/C23H23N3O/c1-17-14-19(11-10-18-8-9-18)12-13-21(17)22-15-26(25-24-22)16-23(27-2)20-6-4-3-5-7-20/h3-7,12-15,18,23H,8-9,16H2,1-2H3. The van der Waals surface area contributed by atoms with Gasteiger partial charge in [0, 0.05) is 24.2 Å². The van der Waals surface area contributed by atoms with Crippen LogP contribution in [0.5, 0.6) is 0 Å². The van der Waals surface area contributed by atoms with E-state index in [2.05, 4.69) is 59.4 Å². The molecule has 0 spiro atoms. The number of hydrogen-bond donors (Lipinski definition) is 0. The van der Waals surface area contributed by atoms with Crippen LogP contribution in [0.1, 0.15) is 35.6 Å². The molecule has 0 aliphatic heterocycles. The summed E-state index contributed by atoms with van der Waals surface area (Å²) in [4.78, 5) is 0. The largest absolute Gasteiger partial charge is 0.375 e. The highest BCUT2D eigenvalue weighted by Gasteiger charge is 2.18. The van der Waals surface area contributed by atoms with Crippen molar-refractivity contribution in [2.75, 3.05) is 7.11 Å². The molecule has 136 valence electrons. The molecule has 1 aliphatic rings. The van der Waals surface area contributed by atoms with Gasteiger partial charge in [-0.05, 0) is 43.0 Å². The van der Waals surface area contributed by atoms with Crippen LogP contribution in [0, 0.1) is 24.7 Å². The van der Waals surface area contributed by atoms with Crippen molar-refractivity contribution in [2.24, 2.45) is 5.92 Å². The van der Waals surface area contributed by atoms with Crippen LogP contribution in [-0.4, -0.2) is 22.1 Å². The zero-order valence-electron chi connectivity index (χ0n) is 15.7. The van der Waals surface area contributed by atoms with Crippen LogP contribution in [0.4, 0.5) is 0 Å². The highest BCUT2D eigenvalue weighted by molar-refractivity contribution is 5.64. The molecule has 1 heterocycles. The average molecular weight is 357 g/mol. The Morgan fingerprint density at radius 3 is 2.70 bits per heavy atom. The topological polar surface area (TPSA) is 39.9 Å². The fourth-order valence-corrected chi connectivity index (χ4v) is 3.11. The maximum Gasteiger partial charge on any atom is 0.113 e. The van der Waals surface area contributed by atoms with Gasteiger partial charge < -0.3 is 4.74 Å². The van der Waals surface area contributed by atoms with Crippen LogP contribution in [-0.2, 0) is 11.3 Å². The Kier molecular flexibility index (Phi) is 5.04. The minimum Gasteiger partial charge on any atom is -0.375 e. The maximum atomic E-state index is 5.64. The molecule has 4 nitrogen and oxygen atoms in total. The SMILES string of the molecule is COC(Cn1cc(-c2ccc(C#CC3CC3)cc2C)nn1)c1ccccc1. The van der Waals surface area contributed by atoms with E-state index in [0.717, 1.165) is 27.9 Å². The van der Waals surface area contributed by atoms with Gasteiger partial charge in [-0.15, -0.1) is 5.10 Å². The first-order valence-electron chi connectivity index (χ1n) is 9.33. The van der Waals surface area contributed by atoms with Gasteiger partial charge in [0.1, 0.15) is 11.8 Å². The van der Waals surface area contributed by atoms with Crippen molar-refractivity contribution in [3.63, 3.8) is 0 Å². The van der Waals surface area contributed by atoms with Gasteiger partial charge in [0.25, 0.3) is 0 Å². The number of nitrogens with zero attached hydrogens (tertiary/aromatic N) is 3. The van der Waals surface area contributed by atoms with E-state index in [1.54, 1.807) is 7.11 Å². The van der Waals surface area contributed by atoms with Gasteiger partial charge in [-0.25, -0.2) is 4.68 Å². The van der Waals surface area contributed by atoms with Gasteiger partial charge in [0.2, 0.25) is 0 Å². The highest BCUT2D eigenvalue weighted by Crippen LogP contribution is 2.28. The van der Waals surface area contributed by atoms with Crippen molar-refractivity contribution in [1.82, 2.24) is 15.0 Å². The Morgan fingerprint density at radius 1 is 1.19 bits per heavy atom. The van der Waals surface area contributed by atoms with E-state index in [9.17, 15) is 0 Å². The molecule has 4 heteroatoms. The molecule has 0 radical (unpaired) electrons. The fourth-order valence-electron chi connectivity index (χ4n) is 3.11. The third-order valence-electron chi connectivity index (χ3n) is 4.85. The number of benzene rings is 2. The normalized spacial score (nSPS) is 14.4. The monoisotopic (exact) mass is 357 g/mol. The van der Waals surface area contributed by atoms with E-state index in [4.69, 9.17) is 4.74 Å². The molecular formula is C23H23N3O. The lowest BCUT2D eigenvalue weighted by Crippen LogP contribution is -2.11. The van der Waals surface area contributed by atoms with Gasteiger partial charge in [-0.1, -0.05) is 53.5 Å². The molecule has 1 aliphatic carbocycles. The molecule has 0 amide bonds. The second-order valence-electron chi connectivity index (χ2n) is 7.03. The Hall–Kier alpha value is -2.90. The quantitative estimate of drug-likeness (QED) is 0.635. The van der Waals surface area contributed by atoms with Crippen LogP contribution in [0.25, 0.3) is 11.3 Å². The first-order valence-corrected chi connectivity index (χ1v) is 9.33. The van der Waals surface area contributed by atoms with Gasteiger partial charge in [0.15, 0.2) is 0 Å². The molecule has 27 heavy (non-hydrogen) atoms. The van der Waals surface area contributed by atoms with Gasteiger partial charge in [-0.3, -0.25) is 0 Å². The minimum absolute atomic E-state index is 0.0538. The number of ether oxygens (including phenoxy) is 1. The van der Waals surface area contributed by atoms with Crippen molar-refractivity contribution < 1.29 is 4.74 Å². The second kappa shape index (κ2) is 7.77. The summed E-state index contributed by atoms with van der Waals surface area (Å²) in [6.45, 7) is 2.72. The predicted octanol–water partition coefficient (Wildman–Crippen LogP) is 4.40. The lowest BCUT2D eigenvalue weighted by molar-refractivity contribution is 0.0841. The van der Waals surface area contributed by atoms with E-state index in [1.165, 1.54) is 12.8 Å². The maximum absolute atomic E-state index is 5.64. The minimum atomic E-state index is -0.0538. The molecule has 1 atom stereocenters. The second-order valence-corrected chi connectivity index (χ2v) is 7.03. The Bertz CT molecular complexity index is 978. The molecule has 2 aromatic carbocycles. The Labute approximate surface area is 160 Å². The Balaban J connectivity index is 1.51. The molecule has 0 bridgehead atoms. The molecule has 3 aromatic rings. The van der Waals surface area contributed by atoms with E-state index in [-0.39, 0.29) is 6.10 Å². The van der Waals surface area contributed by atoms with Crippen LogP contribution < -0.4 is 0 Å². The fraction of sp³-hybridized carbons (Fsp3) is 0.304. The number of methoxy groups -OCH3 is 1. The first-order chi connectivity index (χ1) is 13.2. The average Bonchev–Trinajstić information content (AvgIpc) is 3.42. The number of aromatic nitrogens is 3. The summed E-state index contributed by atoms with van der Waals surface area (Å²) in [5.74, 6) is 7.20. The smallest absolute Gasteiger partial charge is 0.113 e. The van der Waals surface area contributed by atoms with Crippen molar-refractivity contribution in [2.45, 2.75) is 32.4 Å². The van der Waals surface area contributed by atoms with Crippen molar-refractivity contribution in [1.29, 1.82) is 0 Å². The number of hydrogen-bond acceptors (Lipinski definition) is 3. The molecule has 1 saturated carbocycles. The van der Waals surface area contributed by atoms with Crippen LogP contribution in [0.3, 0.4) is 0 Å². The lowest BCUT2D eigenvalue weighted by atomic mass is 10.0. The molecule has 0 saturated heterocycles. The van der Waals surface area contributed by atoms with Gasteiger partial charge in [-0.2, -0.15) is 0 Å². The summed E-state index contributed by atoms with van der Waals surface area (Å²) in [7, 11) is 1.72. The summed E-state index contributed by atoms with van der Waals surface area (Å²) in [6, 6.07) is 16.5. The summed E-state index contributed by atoms with van der Waals surface area (Å²) >= 11 is 0. The van der Waals surface area contributed by atoms with Gasteiger partial charge in [0.05, 0.1) is 12.7 Å². The molecular weight excluding hydrogens is 334 g/mol. The van der Waals surface area contributed by atoms with E-state index >= 15 is 0 Å². The Morgan fingerprint density at radius 2 is 2.00 bits per heavy atom. The van der Waals surface area contributed by atoms with Crippen LogP contribution in [0.15, 0.2) is 54.7 Å². The summed E-state index contributed by atoms with van der Waals surface area (Å²) in [5.41, 5.74) is 5.32. The number of aryl methyl sites for hydroxylation is 1. The first kappa shape index (κ1) is 17.5. The number of rotatable bonds is 5. The lowest BCUT2D eigenvalue weighted by Gasteiger charge is -2.15. The summed E-state index contributed by atoms with van der Waals surface area (Å²) in [6.07, 6.45) is 4.42. The molecule has 1 fully saturated rings. The third kappa shape index (κ3) is 4.27. The van der Waals surface area contributed by atoms with Gasteiger partial charge >= 0.3 is 0 Å². The molecule has 1 unspecified atom stereocenters. The predicted molar refractivity (Wildman–Crippen MR) is 106 cm³/mol. The zero-order chi connectivity index (χ0) is 18.6. The third-order valence-corrected chi connectivity index (χ3v) is 4.85. The van der Waals surface area contributed by atoms with Crippen LogP contribution >= 0.6 is 0 Å². The molecule has 0 N–H and O–H groups in total. The zero-order valence-corrected chi connectivity index (χ0v) is 15.7. The van der Waals surface area contributed by atoms with E-state index < -0.39 is 0 Å². The van der Waals surface area contributed by atoms with Crippen LogP contribution in [0.2, 0.25) is 0 Å². The highest BCUT2D eigenvalue weighted by atomic mass is 16.5. The summed E-state index contributed by atoms with van der Waals surface area (Å²) in [5, 5.41) is 8.66. The van der Waals surface area contributed by atoms with E-state index in [0.29, 0.717) is 12.5 Å². The van der Waals surface area contributed by atoms with Crippen molar-refractivity contribution >= 4 is 0 Å².